The van der Waals surface area contributed by atoms with Gasteiger partial charge in [0.2, 0.25) is 5.91 Å². The Morgan fingerprint density at radius 2 is 1.84 bits per heavy atom. The van der Waals surface area contributed by atoms with Crippen LogP contribution in [-0.2, 0) is 4.79 Å². The predicted octanol–water partition coefficient (Wildman–Crippen LogP) is 0.686. The Morgan fingerprint density at radius 3 is 2.47 bits per heavy atom. The van der Waals surface area contributed by atoms with E-state index in [0.717, 1.165) is 19.1 Å². The number of rotatable bonds is 4. The molecule has 0 saturated carbocycles. The predicted molar refractivity (Wildman–Crippen MR) is 76.7 cm³/mol. The average molecular weight is 263 g/mol. The Labute approximate surface area is 116 Å². The zero-order valence-corrected chi connectivity index (χ0v) is 11.7. The number of carbonyl (C=O) groups is 1. The van der Waals surface area contributed by atoms with E-state index in [1.165, 1.54) is 45.2 Å². The quantitative estimate of drug-likeness (QED) is 0.758. The van der Waals surface area contributed by atoms with Crippen molar-refractivity contribution >= 4 is 5.91 Å². The molecule has 0 spiro atoms. The molecule has 0 aromatic heterocycles. The first-order valence-electron chi connectivity index (χ1n) is 7.46. The van der Waals surface area contributed by atoms with Crippen molar-refractivity contribution in [1.82, 2.24) is 15.1 Å². The maximum atomic E-state index is 11.6. The molecule has 2 rings (SSSR count). The van der Waals surface area contributed by atoms with Gasteiger partial charge in [0, 0.05) is 19.1 Å². The largest absolute Gasteiger partial charge is 0.344 e. The molecule has 1 N–H and O–H groups in total. The summed E-state index contributed by atoms with van der Waals surface area (Å²) in [5, 5.41) is 2.73. The summed E-state index contributed by atoms with van der Waals surface area (Å²) < 4.78 is 0. The molecule has 0 aliphatic carbocycles. The molecule has 4 nitrogen and oxygen atoms in total. The molecule has 2 aliphatic rings. The van der Waals surface area contributed by atoms with Crippen LogP contribution in [-0.4, -0.2) is 61.0 Å². The maximum absolute atomic E-state index is 11.6. The minimum Gasteiger partial charge on any atom is -0.344 e. The summed E-state index contributed by atoms with van der Waals surface area (Å²) in [5.41, 5.74) is 0. The SMILES string of the molecule is C#CCNC(=O)CN1CCC(N2CCCCC2)CC1. The van der Waals surface area contributed by atoms with Gasteiger partial charge in [0.1, 0.15) is 0 Å². The van der Waals surface area contributed by atoms with Gasteiger partial charge in [-0.2, -0.15) is 0 Å². The number of amides is 1. The van der Waals surface area contributed by atoms with Crippen molar-refractivity contribution in [2.45, 2.75) is 38.1 Å². The van der Waals surface area contributed by atoms with Gasteiger partial charge in [0.05, 0.1) is 13.1 Å². The molecule has 2 aliphatic heterocycles. The van der Waals surface area contributed by atoms with E-state index in [1.807, 2.05) is 0 Å². The van der Waals surface area contributed by atoms with E-state index in [2.05, 4.69) is 21.0 Å². The molecule has 0 unspecified atom stereocenters. The monoisotopic (exact) mass is 263 g/mol. The number of likely N-dealkylation sites (tertiary alicyclic amines) is 2. The average Bonchev–Trinajstić information content (AvgIpc) is 2.47. The molecule has 1 amide bonds. The molecular formula is C15H25N3O. The van der Waals surface area contributed by atoms with Gasteiger partial charge < -0.3 is 10.2 Å². The molecule has 2 saturated heterocycles. The lowest BCUT2D eigenvalue weighted by Gasteiger charge is -2.40. The van der Waals surface area contributed by atoms with Crippen LogP contribution >= 0.6 is 0 Å². The van der Waals surface area contributed by atoms with E-state index < -0.39 is 0 Å². The minimum absolute atomic E-state index is 0.0503. The van der Waals surface area contributed by atoms with Gasteiger partial charge in [0.25, 0.3) is 0 Å². The van der Waals surface area contributed by atoms with Crippen molar-refractivity contribution < 1.29 is 4.79 Å². The summed E-state index contributed by atoms with van der Waals surface area (Å²) in [4.78, 5) is 16.5. The highest BCUT2D eigenvalue weighted by atomic mass is 16.2. The number of hydrogen-bond donors (Lipinski definition) is 1. The molecule has 0 atom stereocenters. The van der Waals surface area contributed by atoms with Crippen molar-refractivity contribution in [1.29, 1.82) is 0 Å². The number of carbonyl (C=O) groups excluding carboxylic acids is 1. The van der Waals surface area contributed by atoms with Crippen LogP contribution in [0.25, 0.3) is 0 Å². The number of hydrogen-bond acceptors (Lipinski definition) is 3. The van der Waals surface area contributed by atoms with Gasteiger partial charge in [-0.15, -0.1) is 6.42 Å². The number of nitrogens with one attached hydrogen (secondary N) is 1. The third kappa shape index (κ3) is 4.52. The topological polar surface area (TPSA) is 35.6 Å². The Morgan fingerprint density at radius 1 is 1.16 bits per heavy atom. The highest BCUT2D eigenvalue weighted by Crippen LogP contribution is 2.20. The molecule has 2 heterocycles. The van der Waals surface area contributed by atoms with Crippen molar-refractivity contribution in [3.63, 3.8) is 0 Å². The number of terminal acetylenes is 1. The summed E-state index contributed by atoms with van der Waals surface area (Å²) in [5.74, 6) is 2.48. The van der Waals surface area contributed by atoms with E-state index in [9.17, 15) is 4.79 Å². The minimum atomic E-state index is 0.0503. The maximum Gasteiger partial charge on any atom is 0.234 e. The first-order chi connectivity index (χ1) is 9.29. The van der Waals surface area contributed by atoms with Crippen molar-refractivity contribution in [2.75, 3.05) is 39.3 Å². The van der Waals surface area contributed by atoms with Gasteiger partial charge in [-0.1, -0.05) is 12.3 Å². The summed E-state index contributed by atoms with van der Waals surface area (Å²) in [6.07, 6.45) is 11.6. The number of nitrogens with zero attached hydrogens (tertiary/aromatic N) is 2. The highest BCUT2D eigenvalue weighted by Gasteiger charge is 2.26. The van der Waals surface area contributed by atoms with Crippen LogP contribution in [0.15, 0.2) is 0 Å². The first kappa shape index (κ1) is 14.4. The van der Waals surface area contributed by atoms with Gasteiger partial charge in [-0.3, -0.25) is 9.69 Å². The standard InChI is InChI=1S/C15H25N3O/c1-2-8-16-15(19)13-17-11-6-14(7-12-17)18-9-4-3-5-10-18/h1,14H,3-13H2,(H,16,19). The summed E-state index contributed by atoms with van der Waals surface area (Å²) in [7, 11) is 0. The fourth-order valence-electron chi connectivity index (χ4n) is 3.13. The van der Waals surface area contributed by atoms with Gasteiger partial charge in [0.15, 0.2) is 0 Å². The van der Waals surface area contributed by atoms with Crippen LogP contribution in [0.2, 0.25) is 0 Å². The Hall–Kier alpha value is -1.05. The van der Waals surface area contributed by atoms with Gasteiger partial charge in [-0.25, -0.2) is 0 Å². The molecule has 0 radical (unpaired) electrons. The lowest BCUT2D eigenvalue weighted by Crippen LogP contribution is -2.48. The van der Waals surface area contributed by atoms with E-state index in [-0.39, 0.29) is 5.91 Å². The second-order valence-electron chi connectivity index (χ2n) is 5.58. The fourth-order valence-corrected chi connectivity index (χ4v) is 3.13. The van der Waals surface area contributed by atoms with Crippen LogP contribution in [0.1, 0.15) is 32.1 Å². The van der Waals surface area contributed by atoms with Crippen LogP contribution < -0.4 is 5.32 Å². The lowest BCUT2D eigenvalue weighted by molar-refractivity contribution is -0.122. The zero-order valence-electron chi connectivity index (χ0n) is 11.7. The van der Waals surface area contributed by atoms with E-state index in [4.69, 9.17) is 6.42 Å². The molecule has 0 aromatic carbocycles. The first-order valence-corrected chi connectivity index (χ1v) is 7.46. The molecule has 0 aromatic rings. The lowest BCUT2D eigenvalue weighted by atomic mass is 10.00. The third-order valence-electron chi connectivity index (χ3n) is 4.22. The van der Waals surface area contributed by atoms with Gasteiger partial charge >= 0.3 is 0 Å². The summed E-state index contributed by atoms with van der Waals surface area (Å²) in [6, 6.07) is 0.741. The van der Waals surface area contributed by atoms with Crippen LogP contribution in [0, 0.1) is 12.3 Å². The summed E-state index contributed by atoms with van der Waals surface area (Å²) in [6.45, 7) is 5.44. The van der Waals surface area contributed by atoms with Gasteiger partial charge in [-0.05, 0) is 38.8 Å². The summed E-state index contributed by atoms with van der Waals surface area (Å²) >= 11 is 0. The molecule has 2 fully saturated rings. The van der Waals surface area contributed by atoms with E-state index in [0.29, 0.717) is 13.1 Å². The van der Waals surface area contributed by atoms with Crippen molar-refractivity contribution in [3.8, 4) is 12.3 Å². The third-order valence-corrected chi connectivity index (χ3v) is 4.22. The second-order valence-corrected chi connectivity index (χ2v) is 5.58. The van der Waals surface area contributed by atoms with Crippen molar-refractivity contribution in [3.05, 3.63) is 0 Å². The normalized spacial score (nSPS) is 22.9. The molecule has 19 heavy (non-hydrogen) atoms. The molecule has 4 heteroatoms. The smallest absolute Gasteiger partial charge is 0.234 e. The Bertz CT molecular complexity index is 323. The molecule has 0 bridgehead atoms. The van der Waals surface area contributed by atoms with E-state index in [1.54, 1.807) is 0 Å². The van der Waals surface area contributed by atoms with Crippen molar-refractivity contribution in [2.24, 2.45) is 0 Å². The molecule has 106 valence electrons. The number of piperidine rings is 2. The van der Waals surface area contributed by atoms with Crippen LogP contribution in [0.5, 0.6) is 0 Å². The zero-order chi connectivity index (χ0) is 13.5. The highest BCUT2D eigenvalue weighted by molar-refractivity contribution is 5.78. The fraction of sp³-hybridized carbons (Fsp3) is 0.800. The Balaban J connectivity index is 1.67. The second kappa shape index (κ2) is 7.52. The van der Waals surface area contributed by atoms with E-state index >= 15 is 0 Å². The van der Waals surface area contributed by atoms with Crippen LogP contribution in [0.3, 0.4) is 0 Å². The Kier molecular flexibility index (Phi) is 5.68. The van der Waals surface area contributed by atoms with Crippen LogP contribution in [0.4, 0.5) is 0 Å². The molecular weight excluding hydrogens is 238 g/mol.